The maximum absolute atomic E-state index is 13.2. The second-order valence-electron chi connectivity index (χ2n) is 7.32. The van der Waals surface area contributed by atoms with Gasteiger partial charge >= 0.3 is 6.18 Å². The van der Waals surface area contributed by atoms with Crippen LogP contribution in [0.1, 0.15) is 42.0 Å². The molecule has 2 fully saturated rings. The highest BCUT2D eigenvalue weighted by Crippen LogP contribution is 2.38. The number of fused-ring (bicyclic) bond motifs is 1. The minimum atomic E-state index is -4.32. The molecule has 0 aliphatic carbocycles. The first kappa shape index (κ1) is 16.9. The normalized spacial score (nSPS) is 25.3. The van der Waals surface area contributed by atoms with Crippen LogP contribution in [0.4, 0.5) is 13.2 Å². The molecular formula is C19H23F3N2O. The minimum absolute atomic E-state index is 0.253. The summed E-state index contributed by atoms with van der Waals surface area (Å²) < 4.78 is 45.1. The largest absolute Gasteiger partial charge is 0.416 e. The fraction of sp³-hybridized carbons (Fsp3) is 0.579. The molecule has 3 heterocycles. The zero-order valence-corrected chi connectivity index (χ0v) is 14.3. The van der Waals surface area contributed by atoms with E-state index in [-0.39, 0.29) is 5.92 Å². The molecule has 25 heavy (non-hydrogen) atoms. The van der Waals surface area contributed by atoms with Gasteiger partial charge in [0.05, 0.1) is 12.2 Å². The predicted octanol–water partition coefficient (Wildman–Crippen LogP) is 4.33. The van der Waals surface area contributed by atoms with Gasteiger partial charge in [-0.2, -0.15) is 13.2 Å². The fourth-order valence-electron chi connectivity index (χ4n) is 4.25. The summed E-state index contributed by atoms with van der Waals surface area (Å²) in [5, 5.41) is 0.719. The van der Waals surface area contributed by atoms with Gasteiger partial charge in [-0.25, -0.2) is 0 Å². The number of alkyl halides is 3. The van der Waals surface area contributed by atoms with Crippen LogP contribution >= 0.6 is 0 Å². The van der Waals surface area contributed by atoms with E-state index in [2.05, 4.69) is 16.9 Å². The average molecular weight is 352 g/mol. The molecule has 6 heteroatoms. The van der Waals surface area contributed by atoms with Crippen LogP contribution in [-0.2, 0) is 17.3 Å². The molecule has 2 aliphatic heterocycles. The molecule has 136 valence electrons. The van der Waals surface area contributed by atoms with Crippen molar-refractivity contribution in [3.8, 4) is 0 Å². The summed E-state index contributed by atoms with van der Waals surface area (Å²) in [5.41, 5.74) is 2.35. The molecule has 0 amide bonds. The van der Waals surface area contributed by atoms with Crippen LogP contribution in [0, 0.1) is 0 Å². The highest BCUT2D eigenvalue weighted by molar-refractivity contribution is 5.86. The van der Waals surface area contributed by atoms with Gasteiger partial charge in [0.1, 0.15) is 0 Å². The first-order valence-corrected chi connectivity index (χ1v) is 8.93. The van der Waals surface area contributed by atoms with E-state index >= 15 is 0 Å². The van der Waals surface area contributed by atoms with Crippen molar-refractivity contribution in [3.05, 3.63) is 35.0 Å². The number of benzene rings is 1. The van der Waals surface area contributed by atoms with E-state index in [1.165, 1.54) is 12.1 Å². The van der Waals surface area contributed by atoms with Gasteiger partial charge in [0.2, 0.25) is 0 Å². The van der Waals surface area contributed by atoms with Gasteiger partial charge in [-0.1, -0.05) is 0 Å². The molecule has 0 unspecified atom stereocenters. The molecule has 0 saturated carbocycles. The summed E-state index contributed by atoms with van der Waals surface area (Å²) in [7, 11) is 2.10. The number of rotatable bonds is 3. The molecule has 4 rings (SSSR count). The smallest absolute Gasteiger partial charge is 0.381 e. The summed E-state index contributed by atoms with van der Waals surface area (Å²) in [6.07, 6.45) is -0.346. The number of aromatic amines is 1. The topological polar surface area (TPSA) is 28.3 Å². The van der Waals surface area contributed by atoms with E-state index in [0.717, 1.165) is 61.0 Å². The maximum atomic E-state index is 13.2. The average Bonchev–Trinajstić information content (AvgIpc) is 3.28. The number of nitrogens with one attached hydrogen (secondary N) is 1. The molecule has 2 saturated heterocycles. The van der Waals surface area contributed by atoms with Crippen molar-refractivity contribution in [2.24, 2.45) is 0 Å². The lowest BCUT2D eigenvalue weighted by molar-refractivity contribution is -0.137. The van der Waals surface area contributed by atoms with Crippen LogP contribution < -0.4 is 0 Å². The second kappa shape index (κ2) is 6.32. The highest BCUT2D eigenvalue weighted by Gasteiger charge is 2.33. The van der Waals surface area contributed by atoms with Crippen LogP contribution in [0.25, 0.3) is 10.9 Å². The number of halogens is 3. The van der Waals surface area contributed by atoms with Crippen molar-refractivity contribution in [1.82, 2.24) is 9.88 Å². The third kappa shape index (κ3) is 3.17. The van der Waals surface area contributed by atoms with E-state index in [0.29, 0.717) is 12.6 Å². The van der Waals surface area contributed by atoms with E-state index in [1.54, 1.807) is 6.07 Å². The molecule has 1 aromatic heterocycles. The fourth-order valence-corrected chi connectivity index (χ4v) is 4.25. The third-order valence-corrected chi connectivity index (χ3v) is 5.72. The zero-order chi connectivity index (χ0) is 17.6. The van der Waals surface area contributed by atoms with Crippen molar-refractivity contribution >= 4 is 10.9 Å². The second-order valence-corrected chi connectivity index (χ2v) is 7.32. The van der Waals surface area contributed by atoms with Crippen LogP contribution in [-0.4, -0.2) is 42.7 Å². The van der Waals surface area contributed by atoms with Crippen molar-refractivity contribution in [2.45, 2.75) is 43.8 Å². The Balaban J connectivity index is 1.80. The Morgan fingerprint density at radius 1 is 1.28 bits per heavy atom. The SMILES string of the molecule is CN1CCC[C@@H]1Cc1c([C@H]2CCOC2)[nH]c2ccc(C(F)(F)F)cc12. The molecule has 0 bridgehead atoms. The third-order valence-electron chi connectivity index (χ3n) is 5.72. The number of aromatic nitrogens is 1. The number of hydrogen-bond acceptors (Lipinski definition) is 2. The van der Waals surface area contributed by atoms with Gasteiger partial charge in [0, 0.05) is 35.2 Å². The molecule has 3 nitrogen and oxygen atoms in total. The first-order valence-electron chi connectivity index (χ1n) is 8.93. The Kier molecular flexibility index (Phi) is 4.28. The van der Waals surface area contributed by atoms with Crippen molar-refractivity contribution < 1.29 is 17.9 Å². The van der Waals surface area contributed by atoms with Gasteiger partial charge in [-0.15, -0.1) is 0 Å². The number of hydrogen-bond donors (Lipinski definition) is 1. The van der Waals surface area contributed by atoms with Crippen LogP contribution in [0.5, 0.6) is 0 Å². The molecule has 2 atom stereocenters. The van der Waals surface area contributed by atoms with Gasteiger partial charge < -0.3 is 14.6 Å². The Labute approximate surface area is 145 Å². The number of likely N-dealkylation sites (N-methyl/N-ethyl adjacent to an activating group) is 1. The van der Waals surface area contributed by atoms with E-state index in [1.807, 2.05) is 0 Å². The Bertz CT molecular complexity index is 762. The van der Waals surface area contributed by atoms with Crippen molar-refractivity contribution in [2.75, 3.05) is 26.8 Å². The van der Waals surface area contributed by atoms with E-state index in [4.69, 9.17) is 4.74 Å². The quantitative estimate of drug-likeness (QED) is 0.891. The van der Waals surface area contributed by atoms with Crippen molar-refractivity contribution in [3.63, 3.8) is 0 Å². The number of ether oxygens (including phenoxy) is 1. The lowest BCUT2D eigenvalue weighted by Gasteiger charge is -2.21. The number of nitrogens with zero attached hydrogens (tertiary/aromatic N) is 1. The van der Waals surface area contributed by atoms with Crippen LogP contribution in [0.2, 0.25) is 0 Å². The summed E-state index contributed by atoms with van der Waals surface area (Å²) in [6, 6.07) is 4.45. The number of H-pyrrole nitrogens is 1. The van der Waals surface area contributed by atoms with E-state index in [9.17, 15) is 13.2 Å². The van der Waals surface area contributed by atoms with Gasteiger partial charge in [0.25, 0.3) is 0 Å². The van der Waals surface area contributed by atoms with Crippen LogP contribution in [0.3, 0.4) is 0 Å². The molecule has 2 aliphatic rings. The molecule has 1 N–H and O–H groups in total. The summed E-state index contributed by atoms with van der Waals surface area (Å²) >= 11 is 0. The Hall–Kier alpha value is -1.53. The highest BCUT2D eigenvalue weighted by atomic mass is 19.4. The van der Waals surface area contributed by atoms with Gasteiger partial charge in [0.15, 0.2) is 0 Å². The minimum Gasteiger partial charge on any atom is -0.381 e. The predicted molar refractivity (Wildman–Crippen MR) is 90.8 cm³/mol. The molecule has 1 aromatic carbocycles. The van der Waals surface area contributed by atoms with E-state index < -0.39 is 11.7 Å². The summed E-state index contributed by atoms with van der Waals surface area (Å²) in [5.74, 6) is 0.253. The van der Waals surface area contributed by atoms with Crippen LogP contribution in [0.15, 0.2) is 18.2 Å². The summed E-state index contributed by atoms with van der Waals surface area (Å²) in [4.78, 5) is 5.73. The van der Waals surface area contributed by atoms with Gasteiger partial charge in [-0.05, 0) is 63.0 Å². The molecule has 0 spiro atoms. The lowest BCUT2D eigenvalue weighted by atomic mass is 9.94. The van der Waals surface area contributed by atoms with Crippen molar-refractivity contribution in [1.29, 1.82) is 0 Å². The van der Waals surface area contributed by atoms with Gasteiger partial charge in [-0.3, -0.25) is 0 Å². The molecule has 0 radical (unpaired) electrons. The monoisotopic (exact) mass is 352 g/mol. The summed E-state index contributed by atoms with van der Waals surface area (Å²) in [6.45, 7) is 2.42. The Morgan fingerprint density at radius 2 is 2.12 bits per heavy atom. The molecular weight excluding hydrogens is 329 g/mol. The first-order chi connectivity index (χ1) is 11.9. The molecule has 2 aromatic rings. The standard InChI is InChI=1S/C19H23F3N2O/c1-24-7-2-3-14(24)10-16-15-9-13(19(20,21)22)4-5-17(15)23-18(16)12-6-8-25-11-12/h4-5,9,12,14,23H,2-3,6-8,10-11H2,1H3/t12-,14+/m0/s1. The number of likely N-dealkylation sites (tertiary alicyclic amines) is 1. The Morgan fingerprint density at radius 3 is 2.76 bits per heavy atom. The lowest BCUT2D eigenvalue weighted by Crippen LogP contribution is -2.27. The maximum Gasteiger partial charge on any atom is 0.416 e. The zero-order valence-electron chi connectivity index (χ0n) is 14.3.